The van der Waals surface area contributed by atoms with Crippen molar-refractivity contribution in [2.75, 3.05) is 17.7 Å². The Morgan fingerprint density at radius 3 is 2.83 bits per heavy atom. The van der Waals surface area contributed by atoms with Crippen LogP contribution in [0.4, 0.5) is 10.7 Å². The van der Waals surface area contributed by atoms with Crippen molar-refractivity contribution in [3.05, 3.63) is 38.2 Å². The summed E-state index contributed by atoms with van der Waals surface area (Å²) in [6.07, 6.45) is 2.76. The van der Waals surface area contributed by atoms with E-state index in [1.807, 2.05) is 19.9 Å². The Bertz CT molecular complexity index is 1160. The van der Waals surface area contributed by atoms with Crippen LogP contribution in [0.1, 0.15) is 62.0 Å². The molecule has 8 heteroatoms. The van der Waals surface area contributed by atoms with Crippen molar-refractivity contribution < 1.29 is 14.3 Å². The zero-order valence-corrected chi connectivity index (χ0v) is 19.2. The van der Waals surface area contributed by atoms with E-state index in [2.05, 4.69) is 17.2 Å². The minimum absolute atomic E-state index is 0.292. The Labute approximate surface area is 183 Å². The third kappa shape index (κ3) is 3.58. The highest BCUT2D eigenvalue weighted by atomic mass is 32.1. The first kappa shape index (κ1) is 20.8. The number of hydrogen-bond donors (Lipinski definition) is 2. The van der Waals surface area contributed by atoms with Crippen molar-refractivity contribution in [2.24, 2.45) is 5.92 Å². The van der Waals surface area contributed by atoms with Crippen molar-refractivity contribution in [3.8, 4) is 0 Å². The van der Waals surface area contributed by atoms with Crippen LogP contribution >= 0.6 is 22.7 Å². The van der Waals surface area contributed by atoms with E-state index in [1.165, 1.54) is 22.7 Å². The number of nitrogens with two attached hydrogens (primary N) is 1. The molecule has 3 heterocycles. The minimum atomic E-state index is -0.377. The fraction of sp³-hybridized carbons (Fsp3) is 0.409. The number of nitrogens with zero attached hydrogens (tertiary/aromatic N) is 1. The van der Waals surface area contributed by atoms with Crippen LogP contribution < -0.4 is 11.1 Å². The van der Waals surface area contributed by atoms with Gasteiger partial charge in [0.2, 0.25) is 0 Å². The molecule has 0 aromatic carbocycles. The summed E-state index contributed by atoms with van der Waals surface area (Å²) in [5.41, 5.74) is 10.2. The maximum absolute atomic E-state index is 13.2. The molecule has 1 aliphatic rings. The maximum atomic E-state index is 13.2. The quantitative estimate of drug-likeness (QED) is 0.547. The Morgan fingerprint density at radius 2 is 2.10 bits per heavy atom. The normalized spacial score (nSPS) is 15.8. The third-order valence-electron chi connectivity index (χ3n) is 5.45. The molecule has 0 fully saturated rings. The number of esters is 1. The van der Waals surface area contributed by atoms with E-state index < -0.39 is 0 Å². The highest BCUT2D eigenvalue weighted by Crippen LogP contribution is 2.41. The molecule has 0 bridgehead atoms. The summed E-state index contributed by atoms with van der Waals surface area (Å²) in [6.45, 7) is 8.17. The number of nitrogens with one attached hydrogen (secondary N) is 1. The van der Waals surface area contributed by atoms with Crippen LogP contribution in [0, 0.1) is 19.8 Å². The van der Waals surface area contributed by atoms with Crippen LogP contribution in [-0.2, 0) is 17.6 Å². The number of aromatic nitrogens is 1. The number of nitrogen functional groups attached to an aromatic ring is 1. The van der Waals surface area contributed by atoms with Crippen molar-refractivity contribution in [1.82, 2.24) is 4.98 Å². The number of anilines is 2. The van der Waals surface area contributed by atoms with E-state index in [1.54, 1.807) is 6.92 Å². The molecule has 4 rings (SSSR count). The van der Waals surface area contributed by atoms with Gasteiger partial charge in [-0.15, -0.1) is 22.7 Å². The van der Waals surface area contributed by atoms with Gasteiger partial charge in [-0.25, -0.2) is 9.78 Å². The predicted molar refractivity (Wildman–Crippen MR) is 123 cm³/mol. The summed E-state index contributed by atoms with van der Waals surface area (Å²) in [5, 5.41) is 4.33. The van der Waals surface area contributed by atoms with Gasteiger partial charge in [0, 0.05) is 16.0 Å². The van der Waals surface area contributed by atoms with Crippen LogP contribution in [0.5, 0.6) is 0 Å². The number of carbonyl (C=O) groups is 2. The lowest BCUT2D eigenvalue weighted by Crippen LogP contribution is -2.16. The van der Waals surface area contributed by atoms with Crippen LogP contribution in [0.2, 0.25) is 0 Å². The van der Waals surface area contributed by atoms with Gasteiger partial charge in [0.25, 0.3) is 5.91 Å². The molecule has 1 aliphatic carbocycles. The van der Waals surface area contributed by atoms with Crippen LogP contribution in [0.15, 0.2) is 6.07 Å². The molecule has 158 valence electrons. The number of fused-ring (bicyclic) bond motifs is 2. The first-order valence-corrected chi connectivity index (χ1v) is 11.7. The van der Waals surface area contributed by atoms with E-state index in [4.69, 9.17) is 10.5 Å². The number of aryl methyl sites for hydroxylation is 2. The van der Waals surface area contributed by atoms with Crippen molar-refractivity contribution in [3.63, 3.8) is 0 Å². The molecule has 0 saturated carbocycles. The van der Waals surface area contributed by atoms with E-state index in [-0.39, 0.29) is 11.9 Å². The molecular formula is C22H25N3O3S2. The zero-order valence-electron chi connectivity index (χ0n) is 17.5. The van der Waals surface area contributed by atoms with Gasteiger partial charge < -0.3 is 15.8 Å². The molecule has 1 atom stereocenters. The topological polar surface area (TPSA) is 94.3 Å². The van der Waals surface area contributed by atoms with Gasteiger partial charge in [-0.2, -0.15) is 0 Å². The molecule has 0 spiro atoms. The lowest BCUT2D eigenvalue weighted by atomic mass is 9.88. The predicted octanol–water partition coefficient (Wildman–Crippen LogP) is 5.11. The molecule has 0 radical (unpaired) electrons. The second-order valence-electron chi connectivity index (χ2n) is 7.84. The van der Waals surface area contributed by atoms with Gasteiger partial charge >= 0.3 is 5.97 Å². The number of ether oxygens (including phenoxy) is 1. The highest BCUT2D eigenvalue weighted by Gasteiger charge is 2.30. The number of rotatable bonds is 4. The minimum Gasteiger partial charge on any atom is -0.462 e. The Hall–Kier alpha value is -2.45. The van der Waals surface area contributed by atoms with Gasteiger partial charge in [0.05, 0.1) is 17.9 Å². The molecule has 3 aromatic rings. The molecule has 0 unspecified atom stereocenters. The van der Waals surface area contributed by atoms with E-state index in [9.17, 15) is 9.59 Å². The van der Waals surface area contributed by atoms with Crippen LogP contribution in [-0.4, -0.2) is 23.5 Å². The SMILES string of the molecule is CCOC(=O)c1c(NC(=O)c2sc3nc(C)cc(C)c3c2N)sc2c1CC[C@H](C)C2. The summed E-state index contributed by atoms with van der Waals surface area (Å²) in [6, 6.07) is 1.96. The standard InChI is InChI=1S/C22H25N3O3S2/c1-5-28-22(27)16-13-7-6-10(2)8-14(13)29-21(16)25-19(26)18-17(23)15-11(3)9-12(4)24-20(15)30-18/h9-10H,5-8,23H2,1-4H3,(H,25,26)/t10-/m0/s1. The number of thiophene rings is 2. The highest BCUT2D eigenvalue weighted by molar-refractivity contribution is 7.21. The number of carbonyl (C=O) groups excluding carboxylic acids is 2. The second kappa shape index (κ2) is 8.00. The number of amides is 1. The molecule has 30 heavy (non-hydrogen) atoms. The van der Waals surface area contributed by atoms with Gasteiger partial charge in [-0.05, 0) is 63.1 Å². The average Bonchev–Trinajstić information content (AvgIpc) is 3.18. The first-order valence-electron chi connectivity index (χ1n) is 10.1. The van der Waals surface area contributed by atoms with Crippen molar-refractivity contribution >= 4 is 55.5 Å². The molecule has 3 N–H and O–H groups in total. The van der Waals surface area contributed by atoms with Crippen LogP contribution in [0.3, 0.4) is 0 Å². The monoisotopic (exact) mass is 443 g/mol. The molecule has 1 amide bonds. The Kier molecular flexibility index (Phi) is 5.55. The summed E-state index contributed by atoms with van der Waals surface area (Å²) in [4.78, 5) is 32.7. The third-order valence-corrected chi connectivity index (χ3v) is 7.72. The van der Waals surface area contributed by atoms with Gasteiger partial charge in [0.1, 0.15) is 14.7 Å². The number of pyridine rings is 1. The molecule has 0 aliphatic heterocycles. The molecule has 0 saturated heterocycles. The molecular weight excluding hydrogens is 418 g/mol. The molecule has 3 aromatic heterocycles. The summed E-state index contributed by atoms with van der Waals surface area (Å²) < 4.78 is 5.29. The largest absolute Gasteiger partial charge is 0.462 e. The summed E-state index contributed by atoms with van der Waals surface area (Å²) in [5.74, 6) is -0.132. The van der Waals surface area contributed by atoms with E-state index in [0.717, 1.165) is 51.2 Å². The smallest absolute Gasteiger partial charge is 0.341 e. The van der Waals surface area contributed by atoms with E-state index >= 15 is 0 Å². The lowest BCUT2D eigenvalue weighted by Gasteiger charge is -2.18. The lowest BCUT2D eigenvalue weighted by molar-refractivity contribution is 0.0526. The van der Waals surface area contributed by atoms with Crippen molar-refractivity contribution in [2.45, 2.75) is 47.0 Å². The van der Waals surface area contributed by atoms with E-state index in [0.29, 0.717) is 33.7 Å². The van der Waals surface area contributed by atoms with Gasteiger partial charge in [-0.1, -0.05) is 6.92 Å². The Morgan fingerprint density at radius 1 is 1.33 bits per heavy atom. The van der Waals surface area contributed by atoms with Gasteiger partial charge in [0.15, 0.2) is 0 Å². The van der Waals surface area contributed by atoms with Crippen molar-refractivity contribution in [1.29, 1.82) is 0 Å². The number of hydrogen-bond acceptors (Lipinski definition) is 7. The molecule has 6 nitrogen and oxygen atoms in total. The van der Waals surface area contributed by atoms with Crippen LogP contribution in [0.25, 0.3) is 10.2 Å². The first-order chi connectivity index (χ1) is 14.3. The summed E-state index contributed by atoms with van der Waals surface area (Å²) in [7, 11) is 0. The maximum Gasteiger partial charge on any atom is 0.341 e. The average molecular weight is 444 g/mol. The Balaban J connectivity index is 1.73. The fourth-order valence-electron chi connectivity index (χ4n) is 4.06. The summed E-state index contributed by atoms with van der Waals surface area (Å²) >= 11 is 2.76. The van der Waals surface area contributed by atoms with Gasteiger partial charge in [-0.3, -0.25) is 4.79 Å². The fourth-order valence-corrected chi connectivity index (χ4v) is 6.56. The zero-order chi connectivity index (χ0) is 21.6. The second-order valence-corrected chi connectivity index (χ2v) is 9.94.